The Morgan fingerprint density at radius 2 is 1.33 bits per heavy atom. The molecule has 0 aliphatic rings. The first-order valence-corrected chi connectivity index (χ1v) is 7.29. The summed E-state index contributed by atoms with van der Waals surface area (Å²) in [7, 11) is 0. The van der Waals surface area contributed by atoms with Gasteiger partial charge in [0.2, 0.25) is 0 Å². The molecule has 0 rings (SSSR count). The molecule has 0 aromatic carbocycles. The molecular formula is C14H31NO3. The molecule has 110 valence electrons. The number of unbranched alkanes of at least 4 members (excludes halogenated alkanes) is 5. The Balaban J connectivity index is 3.65. The van der Waals surface area contributed by atoms with Crippen LogP contribution in [-0.2, 0) is 0 Å². The second kappa shape index (κ2) is 10.7. The van der Waals surface area contributed by atoms with E-state index in [1.165, 1.54) is 30.6 Å². The van der Waals surface area contributed by atoms with E-state index in [9.17, 15) is 15.3 Å². The van der Waals surface area contributed by atoms with Gasteiger partial charge in [-0.15, -0.1) is 0 Å². The van der Waals surface area contributed by atoms with Gasteiger partial charge in [-0.1, -0.05) is 45.4 Å². The molecule has 0 spiro atoms. The lowest BCUT2D eigenvalue weighted by molar-refractivity contribution is -0.101. The number of nitrogens with zero attached hydrogens (tertiary/aromatic N) is 1. The van der Waals surface area contributed by atoms with E-state index < -0.39 is 18.6 Å². The van der Waals surface area contributed by atoms with Crippen LogP contribution in [-0.4, -0.2) is 45.3 Å². The van der Waals surface area contributed by atoms with E-state index in [-0.39, 0.29) is 0 Å². The summed E-state index contributed by atoms with van der Waals surface area (Å²) in [5, 5.41) is 28.8. The number of hydrogen-bond acceptors (Lipinski definition) is 4. The van der Waals surface area contributed by atoms with E-state index in [4.69, 9.17) is 0 Å². The minimum Gasteiger partial charge on any atom is -0.392 e. The molecular weight excluding hydrogens is 230 g/mol. The van der Waals surface area contributed by atoms with Crippen molar-refractivity contribution in [3.05, 3.63) is 0 Å². The summed E-state index contributed by atoms with van der Waals surface area (Å²) < 4.78 is 0. The summed E-state index contributed by atoms with van der Waals surface area (Å²) in [6.45, 7) is 5.73. The van der Waals surface area contributed by atoms with Gasteiger partial charge < -0.3 is 15.3 Å². The molecule has 3 unspecified atom stereocenters. The van der Waals surface area contributed by atoms with Crippen molar-refractivity contribution in [3.8, 4) is 0 Å². The standard InChI is InChI=1S/C14H31NO3/c1-4-5-6-7-8-9-10-14(18)11-15(12(2)16)13(3)17/h12-14,16-18H,4-11H2,1-3H3. The van der Waals surface area contributed by atoms with Gasteiger partial charge in [-0.2, -0.15) is 0 Å². The predicted octanol–water partition coefficient (Wildman–Crippen LogP) is 2.08. The lowest BCUT2D eigenvalue weighted by atomic mass is 10.1. The SMILES string of the molecule is CCCCCCCCC(O)CN(C(C)O)C(C)O. The third kappa shape index (κ3) is 8.86. The van der Waals surface area contributed by atoms with Crippen molar-refractivity contribution < 1.29 is 15.3 Å². The lowest BCUT2D eigenvalue weighted by Crippen LogP contribution is -2.44. The van der Waals surface area contributed by atoms with Gasteiger partial charge in [0.15, 0.2) is 0 Å². The van der Waals surface area contributed by atoms with Gasteiger partial charge >= 0.3 is 0 Å². The molecule has 0 heterocycles. The second-order valence-electron chi connectivity index (χ2n) is 5.17. The molecule has 0 aliphatic heterocycles. The molecule has 0 aromatic rings. The summed E-state index contributed by atoms with van der Waals surface area (Å²) in [6, 6.07) is 0. The fourth-order valence-corrected chi connectivity index (χ4v) is 2.11. The van der Waals surface area contributed by atoms with Crippen LogP contribution in [0.2, 0.25) is 0 Å². The Morgan fingerprint density at radius 1 is 0.833 bits per heavy atom. The first-order valence-electron chi connectivity index (χ1n) is 7.29. The van der Waals surface area contributed by atoms with Crippen LogP contribution < -0.4 is 0 Å². The highest BCUT2D eigenvalue weighted by Gasteiger charge is 2.19. The number of aliphatic hydroxyl groups excluding tert-OH is 3. The highest BCUT2D eigenvalue weighted by atomic mass is 16.3. The Kier molecular flexibility index (Phi) is 10.6. The zero-order chi connectivity index (χ0) is 14.0. The third-order valence-corrected chi connectivity index (χ3v) is 3.27. The van der Waals surface area contributed by atoms with Crippen LogP contribution in [0.3, 0.4) is 0 Å². The molecule has 4 nitrogen and oxygen atoms in total. The molecule has 0 radical (unpaired) electrons. The van der Waals surface area contributed by atoms with E-state index in [0.717, 1.165) is 19.3 Å². The zero-order valence-electron chi connectivity index (χ0n) is 12.2. The van der Waals surface area contributed by atoms with Gasteiger partial charge in [0.25, 0.3) is 0 Å². The summed E-state index contributed by atoms with van der Waals surface area (Å²) in [6.07, 6.45) is 6.02. The van der Waals surface area contributed by atoms with E-state index in [1.807, 2.05) is 0 Å². The van der Waals surface area contributed by atoms with Crippen molar-refractivity contribution in [2.45, 2.75) is 84.3 Å². The smallest absolute Gasteiger partial charge is 0.106 e. The Morgan fingerprint density at radius 3 is 1.83 bits per heavy atom. The largest absolute Gasteiger partial charge is 0.392 e. The van der Waals surface area contributed by atoms with Gasteiger partial charge in [-0.05, 0) is 20.3 Å². The van der Waals surface area contributed by atoms with Crippen LogP contribution in [0, 0.1) is 0 Å². The minimum absolute atomic E-state index is 0.324. The Hall–Kier alpha value is -0.160. The zero-order valence-corrected chi connectivity index (χ0v) is 12.2. The Labute approximate surface area is 112 Å². The van der Waals surface area contributed by atoms with Crippen LogP contribution in [0.4, 0.5) is 0 Å². The fourth-order valence-electron chi connectivity index (χ4n) is 2.11. The summed E-state index contributed by atoms with van der Waals surface area (Å²) in [5.74, 6) is 0. The summed E-state index contributed by atoms with van der Waals surface area (Å²) >= 11 is 0. The van der Waals surface area contributed by atoms with Crippen molar-refractivity contribution >= 4 is 0 Å². The van der Waals surface area contributed by atoms with Crippen molar-refractivity contribution in [2.75, 3.05) is 6.54 Å². The van der Waals surface area contributed by atoms with Gasteiger partial charge in [0.1, 0.15) is 12.5 Å². The molecule has 4 heteroatoms. The van der Waals surface area contributed by atoms with E-state index >= 15 is 0 Å². The van der Waals surface area contributed by atoms with Gasteiger partial charge in [-0.3, -0.25) is 4.90 Å². The van der Waals surface area contributed by atoms with Crippen LogP contribution in [0.15, 0.2) is 0 Å². The molecule has 18 heavy (non-hydrogen) atoms. The third-order valence-electron chi connectivity index (χ3n) is 3.27. The van der Waals surface area contributed by atoms with Crippen LogP contribution in [0.1, 0.15) is 65.7 Å². The normalized spacial score (nSPS) is 16.8. The molecule has 0 saturated carbocycles. The molecule has 0 aliphatic carbocycles. The molecule has 0 saturated heterocycles. The van der Waals surface area contributed by atoms with Crippen LogP contribution in [0.5, 0.6) is 0 Å². The number of aliphatic hydroxyl groups is 3. The monoisotopic (exact) mass is 261 g/mol. The second-order valence-corrected chi connectivity index (χ2v) is 5.17. The number of hydrogen-bond donors (Lipinski definition) is 3. The maximum atomic E-state index is 9.86. The van der Waals surface area contributed by atoms with Crippen molar-refractivity contribution in [1.82, 2.24) is 4.90 Å². The fraction of sp³-hybridized carbons (Fsp3) is 1.00. The first kappa shape index (κ1) is 17.8. The molecule has 0 aromatic heterocycles. The quantitative estimate of drug-likeness (QED) is 0.393. The van der Waals surface area contributed by atoms with E-state index in [2.05, 4.69) is 6.92 Å². The van der Waals surface area contributed by atoms with Crippen molar-refractivity contribution in [2.24, 2.45) is 0 Å². The maximum absolute atomic E-state index is 9.86. The maximum Gasteiger partial charge on any atom is 0.106 e. The minimum atomic E-state index is -0.732. The molecule has 0 bridgehead atoms. The predicted molar refractivity (Wildman–Crippen MR) is 74.1 cm³/mol. The van der Waals surface area contributed by atoms with Crippen molar-refractivity contribution in [3.63, 3.8) is 0 Å². The van der Waals surface area contributed by atoms with E-state index in [0.29, 0.717) is 6.54 Å². The molecule has 3 atom stereocenters. The Bertz CT molecular complexity index is 178. The van der Waals surface area contributed by atoms with E-state index in [1.54, 1.807) is 13.8 Å². The lowest BCUT2D eigenvalue weighted by Gasteiger charge is -2.30. The van der Waals surface area contributed by atoms with Gasteiger partial charge in [-0.25, -0.2) is 0 Å². The van der Waals surface area contributed by atoms with Crippen molar-refractivity contribution in [1.29, 1.82) is 0 Å². The molecule has 3 N–H and O–H groups in total. The van der Waals surface area contributed by atoms with Gasteiger partial charge in [0.05, 0.1) is 6.10 Å². The summed E-state index contributed by atoms with van der Waals surface area (Å²) in [5.41, 5.74) is 0. The highest BCUT2D eigenvalue weighted by molar-refractivity contribution is 4.66. The first-order chi connectivity index (χ1) is 8.49. The highest BCUT2D eigenvalue weighted by Crippen LogP contribution is 2.11. The van der Waals surface area contributed by atoms with Crippen LogP contribution >= 0.6 is 0 Å². The summed E-state index contributed by atoms with van der Waals surface area (Å²) in [4.78, 5) is 1.49. The number of rotatable bonds is 11. The molecule has 0 fully saturated rings. The van der Waals surface area contributed by atoms with Gasteiger partial charge in [0, 0.05) is 6.54 Å². The average molecular weight is 261 g/mol. The van der Waals surface area contributed by atoms with Crippen LogP contribution in [0.25, 0.3) is 0 Å². The average Bonchev–Trinajstić information content (AvgIpc) is 2.29. The molecule has 0 amide bonds. The topological polar surface area (TPSA) is 63.9 Å².